The first-order chi connectivity index (χ1) is 16.5. The second-order valence-electron chi connectivity index (χ2n) is 8.16. The zero-order valence-electron chi connectivity index (χ0n) is 18.7. The first-order valence-electron chi connectivity index (χ1n) is 10.8. The number of hydrogen-bond acceptors (Lipinski definition) is 9. The summed E-state index contributed by atoms with van der Waals surface area (Å²) in [5.74, 6) is 1.53. The minimum atomic E-state index is -0.416. The van der Waals surface area contributed by atoms with E-state index < -0.39 is 6.04 Å². The Morgan fingerprint density at radius 2 is 2.09 bits per heavy atom. The van der Waals surface area contributed by atoms with Crippen molar-refractivity contribution in [3.05, 3.63) is 64.6 Å². The van der Waals surface area contributed by atoms with E-state index in [4.69, 9.17) is 15.5 Å². The zero-order chi connectivity index (χ0) is 23.8. The first kappa shape index (κ1) is 21.3. The van der Waals surface area contributed by atoms with Crippen LogP contribution in [0.3, 0.4) is 0 Å². The zero-order valence-corrected chi connectivity index (χ0v) is 18.7. The fraction of sp³-hybridized carbons (Fsp3) is 0.250. The summed E-state index contributed by atoms with van der Waals surface area (Å²) < 4.78 is 7.07. The molecule has 34 heavy (non-hydrogen) atoms. The number of methoxy groups -OCH3 is 1. The fourth-order valence-corrected chi connectivity index (χ4v) is 4.03. The number of benzene rings is 1. The number of hydrogen-bond donors (Lipinski definition) is 2. The molecule has 1 saturated carbocycles. The van der Waals surface area contributed by atoms with Crippen LogP contribution >= 0.6 is 0 Å². The number of fused-ring (bicyclic) bond motifs is 1. The molecule has 1 atom stereocenters. The maximum absolute atomic E-state index is 13.9. The number of ether oxygens (including phenoxy) is 1. The largest absolute Gasteiger partial charge is 0.495 e. The van der Waals surface area contributed by atoms with Crippen LogP contribution < -0.4 is 21.3 Å². The van der Waals surface area contributed by atoms with Gasteiger partial charge in [-0.15, -0.1) is 0 Å². The van der Waals surface area contributed by atoms with Crippen molar-refractivity contribution in [1.29, 1.82) is 5.26 Å². The Bertz CT molecular complexity index is 1500. The van der Waals surface area contributed by atoms with Gasteiger partial charge in [0.1, 0.15) is 29.0 Å². The van der Waals surface area contributed by atoms with Gasteiger partial charge in [-0.2, -0.15) is 10.2 Å². The number of nitrogens with two attached hydrogens (primary N) is 1. The molecule has 0 bridgehead atoms. The van der Waals surface area contributed by atoms with Gasteiger partial charge >= 0.3 is 0 Å². The predicted octanol–water partition coefficient (Wildman–Crippen LogP) is 3.22. The van der Waals surface area contributed by atoms with E-state index >= 15 is 0 Å². The van der Waals surface area contributed by atoms with Crippen molar-refractivity contribution in [2.24, 2.45) is 0 Å². The molecule has 1 aliphatic carbocycles. The smallest absolute Gasteiger partial charge is 0.262 e. The number of nitrogen functional groups attached to an aromatic ring is 1. The average Bonchev–Trinajstić information content (AvgIpc) is 3.69. The van der Waals surface area contributed by atoms with Gasteiger partial charge in [-0.3, -0.25) is 14.3 Å². The second-order valence-corrected chi connectivity index (χ2v) is 8.16. The maximum atomic E-state index is 13.9. The SMILES string of the molecule is COc1cncc(-c2cccc3nc([C@@H](C)Nc4nc(N)ncc4C#N)n(C4CC4)c(=O)c23)c1. The molecule has 3 heterocycles. The van der Waals surface area contributed by atoms with E-state index in [9.17, 15) is 10.1 Å². The first-order valence-corrected chi connectivity index (χ1v) is 10.8. The fourth-order valence-electron chi connectivity index (χ4n) is 4.03. The predicted molar refractivity (Wildman–Crippen MR) is 127 cm³/mol. The summed E-state index contributed by atoms with van der Waals surface area (Å²) in [4.78, 5) is 31.0. The standard InChI is InChI=1S/C24H22N8O2/c1-13(29-21-15(9-25)11-28-24(26)31-21)22-30-19-5-3-4-18(14-8-17(34-2)12-27-10-14)20(19)23(33)32(22)16-6-7-16/h3-5,8,10-13,16H,6-7H2,1-2H3,(H3,26,28,29,31)/t13-/m1/s1. The Balaban J connectivity index is 1.66. The highest BCUT2D eigenvalue weighted by Crippen LogP contribution is 2.37. The van der Waals surface area contributed by atoms with Crippen molar-refractivity contribution in [2.45, 2.75) is 31.8 Å². The number of anilines is 2. The Labute approximate surface area is 195 Å². The van der Waals surface area contributed by atoms with E-state index in [1.165, 1.54) is 6.20 Å². The van der Waals surface area contributed by atoms with Crippen LogP contribution in [0.15, 0.2) is 47.7 Å². The lowest BCUT2D eigenvalue weighted by Crippen LogP contribution is -2.28. The summed E-state index contributed by atoms with van der Waals surface area (Å²) in [7, 11) is 1.58. The Morgan fingerprint density at radius 3 is 2.82 bits per heavy atom. The Hall–Kier alpha value is -4.52. The van der Waals surface area contributed by atoms with Crippen LogP contribution in [0.4, 0.5) is 11.8 Å². The Morgan fingerprint density at radius 1 is 1.26 bits per heavy atom. The van der Waals surface area contributed by atoms with Crippen LogP contribution in [0.1, 0.15) is 43.2 Å². The lowest BCUT2D eigenvalue weighted by molar-refractivity contribution is 0.413. The summed E-state index contributed by atoms with van der Waals surface area (Å²) in [5.41, 5.74) is 7.97. The number of aromatic nitrogens is 5. The van der Waals surface area contributed by atoms with E-state index in [1.807, 2.05) is 31.2 Å². The van der Waals surface area contributed by atoms with Crippen molar-refractivity contribution in [2.75, 3.05) is 18.2 Å². The molecule has 0 saturated heterocycles. The minimum Gasteiger partial charge on any atom is -0.495 e. The lowest BCUT2D eigenvalue weighted by Gasteiger charge is -2.21. The molecule has 0 unspecified atom stereocenters. The molecule has 0 radical (unpaired) electrons. The molecule has 1 aromatic carbocycles. The van der Waals surface area contributed by atoms with Crippen molar-refractivity contribution in [1.82, 2.24) is 24.5 Å². The van der Waals surface area contributed by atoms with Crippen LogP contribution in [-0.4, -0.2) is 31.6 Å². The second kappa shape index (κ2) is 8.44. The molecule has 3 N–H and O–H groups in total. The van der Waals surface area contributed by atoms with Gasteiger partial charge in [0.25, 0.3) is 5.56 Å². The number of nitrogens with zero attached hydrogens (tertiary/aromatic N) is 6. The number of nitrogens with one attached hydrogen (secondary N) is 1. The molecule has 4 aromatic rings. The summed E-state index contributed by atoms with van der Waals surface area (Å²) in [6.07, 6.45) is 6.50. The molecular weight excluding hydrogens is 432 g/mol. The van der Waals surface area contributed by atoms with Gasteiger partial charge in [0.05, 0.1) is 36.4 Å². The molecule has 1 aliphatic rings. The lowest BCUT2D eigenvalue weighted by atomic mass is 10.0. The van der Waals surface area contributed by atoms with Crippen LogP contribution in [0, 0.1) is 11.3 Å². The van der Waals surface area contributed by atoms with Gasteiger partial charge in [-0.25, -0.2) is 9.97 Å². The van der Waals surface area contributed by atoms with Gasteiger partial charge < -0.3 is 15.8 Å². The van der Waals surface area contributed by atoms with E-state index in [0.717, 1.165) is 24.0 Å². The van der Waals surface area contributed by atoms with Crippen molar-refractivity contribution >= 4 is 22.7 Å². The Kier molecular flexibility index (Phi) is 5.30. The molecular formula is C24H22N8O2. The number of rotatable bonds is 6. The molecule has 0 spiro atoms. The highest BCUT2D eigenvalue weighted by Gasteiger charge is 2.31. The third-order valence-corrected chi connectivity index (χ3v) is 5.80. The molecule has 0 aliphatic heterocycles. The molecule has 170 valence electrons. The number of pyridine rings is 1. The van der Waals surface area contributed by atoms with E-state index in [0.29, 0.717) is 28.3 Å². The molecule has 10 heteroatoms. The van der Waals surface area contributed by atoms with Crippen LogP contribution in [0.5, 0.6) is 5.75 Å². The van der Waals surface area contributed by atoms with Crippen molar-refractivity contribution in [3.8, 4) is 22.9 Å². The summed E-state index contributed by atoms with van der Waals surface area (Å²) in [5, 5.41) is 13.1. The topological polar surface area (TPSA) is 145 Å². The van der Waals surface area contributed by atoms with Gasteiger partial charge in [0.15, 0.2) is 0 Å². The van der Waals surface area contributed by atoms with Gasteiger partial charge in [-0.05, 0) is 37.5 Å². The molecule has 0 amide bonds. The van der Waals surface area contributed by atoms with Crippen molar-refractivity contribution in [3.63, 3.8) is 0 Å². The van der Waals surface area contributed by atoms with Gasteiger partial charge in [0, 0.05) is 17.8 Å². The molecule has 10 nitrogen and oxygen atoms in total. The third-order valence-electron chi connectivity index (χ3n) is 5.80. The quantitative estimate of drug-likeness (QED) is 0.448. The minimum absolute atomic E-state index is 0.0521. The highest BCUT2D eigenvalue weighted by molar-refractivity contribution is 5.94. The average molecular weight is 454 g/mol. The molecule has 5 rings (SSSR count). The van der Waals surface area contributed by atoms with Gasteiger partial charge in [0.2, 0.25) is 5.95 Å². The number of nitriles is 1. The van der Waals surface area contributed by atoms with E-state index in [1.54, 1.807) is 24.1 Å². The maximum Gasteiger partial charge on any atom is 0.262 e. The third kappa shape index (κ3) is 3.77. The van der Waals surface area contributed by atoms with Crippen LogP contribution in [-0.2, 0) is 0 Å². The van der Waals surface area contributed by atoms with Crippen LogP contribution in [0.2, 0.25) is 0 Å². The van der Waals surface area contributed by atoms with Crippen molar-refractivity contribution < 1.29 is 4.74 Å². The van der Waals surface area contributed by atoms with Gasteiger partial charge in [-0.1, -0.05) is 12.1 Å². The summed E-state index contributed by atoms with van der Waals surface area (Å²) in [6, 6.07) is 9.15. The monoisotopic (exact) mass is 454 g/mol. The summed E-state index contributed by atoms with van der Waals surface area (Å²) in [6.45, 7) is 1.88. The highest BCUT2D eigenvalue weighted by atomic mass is 16.5. The van der Waals surface area contributed by atoms with E-state index in [2.05, 4.69) is 26.3 Å². The van der Waals surface area contributed by atoms with Crippen LogP contribution in [0.25, 0.3) is 22.0 Å². The molecule has 3 aromatic heterocycles. The summed E-state index contributed by atoms with van der Waals surface area (Å²) >= 11 is 0. The normalized spacial score (nSPS) is 13.9. The molecule has 1 fully saturated rings. The van der Waals surface area contributed by atoms with E-state index in [-0.39, 0.29) is 23.1 Å².